The molecule has 2 aromatic carbocycles. The largest absolute Gasteiger partial charge is 0.455 e. The SMILES string of the molecule is N#CCCNS(=O)(=O)c1cccc(C(=O)OCc2nc3ccccc3s2)c1. The van der Waals surface area contributed by atoms with Crippen LogP contribution in [0.25, 0.3) is 10.2 Å². The number of nitrogens with zero attached hydrogens (tertiary/aromatic N) is 2. The van der Waals surface area contributed by atoms with Crippen LogP contribution in [0.2, 0.25) is 0 Å². The maximum absolute atomic E-state index is 12.3. The van der Waals surface area contributed by atoms with Crippen molar-refractivity contribution in [1.29, 1.82) is 5.26 Å². The van der Waals surface area contributed by atoms with E-state index in [1.165, 1.54) is 35.6 Å². The molecule has 0 aliphatic carbocycles. The van der Waals surface area contributed by atoms with Gasteiger partial charge in [0, 0.05) is 13.0 Å². The van der Waals surface area contributed by atoms with Gasteiger partial charge in [-0.3, -0.25) is 0 Å². The quantitative estimate of drug-likeness (QED) is 0.482. The molecule has 0 fully saturated rings. The molecule has 0 atom stereocenters. The summed E-state index contributed by atoms with van der Waals surface area (Å²) in [5, 5.41) is 9.16. The van der Waals surface area contributed by atoms with E-state index in [2.05, 4.69) is 9.71 Å². The van der Waals surface area contributed by atoms with Crippen molar-refractivity contribution in [2.75, 3.05) is 6.54 Å². The summed E-state index contributed by atoms with van der Waals surface area (Å²) in [4.78, 5) is 16.6. The molecule has 3 aromatic rings. The van der Waals surface area contributed by atoms with Crippen LogP contribution in [0.15, 0.2) is 53.4 Å². The van der Waals surface area contributed by atoms with E-state index in [9.17, 15) is 13.2 Å². The number of para-hydroxylation sites is 1. The maximum atomic E-state index is 12.3. The summed E-state index contributed by atoms with van der Waals surface area (Å²) in [5.41, 5.74) is 0.962. The Balaban J connectivity index is 1.69. The number of sulfonamides is 1. The molecule has 9 heteroatoms. The molecule has 0 aliphatic heterocycles. The van der Waals surface area contributed by atoms with Gasteiger partial charge >= 0.3 is 5.97 Å². The lowest BCUT2D eigenvalue weighted by atomic mass is 10.2. The molecular formula is C18H15N3O4S2. The molecule has 138 valence electrons. The molecule has 0 radical (unpaired) electrons. The molecule has 1 N–H and O–H groups in total. The highest BCUT2D eigenvalue weighted by atomic mass is 32.2. The molecule has 1 heterocycles. The molecular weight excluding hydrogens is 386 g/mol. The van der Waals surface area contributed by atoms with Gasteiger partial charge in [0.15, 0.2) is 0 Å². The van der Waals surface area contributed by atoms with Crippen molar-refractivity contribution < 1.29 is 17.9 Å². The Kier molecular flexibility index (Phi) is 5.81. The minimum Gasteiger partial charge on any atom is -0.455 e. The van der Waals surface area contributed by atoms with E-state index >= 15 is 0 Å². The molecule has 0 bridgehead atoms. The van der Waals surface area contributed by atoms with E-state index in [1.54, 1.807) is 0 Å². The number of nitriles is 1. The fraction of sp³-hybridized carbons (Fsp3) is 0.167. The fourth-order valence-electron chi connectivity index (χ4n) is 2.31. The summed E-state index contributed by atoms with van der Waals surface area (Å²) < 4.78 is 32.9. The van der Waals surface area contributed by atoms with E-state index in [4.69, 9.17) is 10.00 Å². The van der Waals surface area contributed by atoms with Gasteiger partial charge in [-0.05, 0) is 30.3 Å². The lowest BCUT2D eigenvalue weighted by Crippen LogP contribution is -2.24. The number of nitrogens with one attached hydrogen (secondary N) is 1. The highest BCUT2D eigenvalue weighted by Gasteiger charge is 2.17. The zero-order valence-electron chi connectivity index (χ0n) is 14.1. The molecule has 0 aliphatic rings. The van der Waals surface area contributed by atoms with Crippen LogP contribution in [0.5, 0.6) is 0 Å². The molecule has 0 spiro atoms. The monoisotopic (exact) mass is 401 g/mol. The van der Waals surface area contributed by atoms with Crippen molar-refractivity contribution in [1.82, 2.24) is 9.71 Å². The standard InChI is InChI=1S/C18H15N3O4S2/c19-9-4-10-20-27(23,24)14-6-3-5-13(11-14)18(22)25-12-17-21-15-7-1-2-8-16(15)26-17/h1-3,5-8,11,20H,4,10,12H2. The van der Waals surface area contributed by atoms with E-state index in [1.807, 2.05) is 30.3 Å². The van der Waals surface area contributed by atoms with Gasteiger partial charge in [-0.2, -0.15) is 5.26 Å². The second kappa shape index (κ2) is 8.26. The first-order chi connectivity index (χ1) is 13.0. The average Bonchev–Trinajstić information content (AvgIpc) is 3.09. The Morgan fingerprint density at radius 2 is 2.04 bits per heavy atom. The Labute approximate surface area is 160 Å². The normalized spacial score (nSPS) is 11.2. The fourth-order valence-corrected chi connectivity index (χ4v) is 4.26. The summed E-state index contributed by atoms with van der Waals surface area (Å²) in [7, 11) is -3.79. The topological polar surface area (TPSA) is 109 Å². The zero-order valence-corrected chi connectivity index (χ0v) is 15.7. The zero-order chi connectivity index (χ0) is 19.3. The molecule has 7 nitrogen and oxygen atoms in total. The summed E-state index contributed by atoms with van der Waals surface area (Å²) in [6.45, 7) is 0.0146. The number of thiazole rings is 1. The van der Waals surface area contributed by atoms with Crippen LogP contribution >= 0.6 is 11.3 Å². The first kappa shape index (κ1) is 19.0. The lowest BCUT2D eigenvalue weighted by molar-refractivity contribution is 0.0472. The molecule has 0 amide bonds. The van der Waals surface area contributed by atoms with Crippen molar-refractivity contribution in [2.24, 2.45) is 0 Å². The van der Waals surface area contributed by atoms with Crippen molar-refractivity contribution in [3.8, 4) is 6.07 Å². The summed E-state index contributed by atoms with van der Waals surface area (Å²) >= 11 is 1.43. The first-order valence-electron chi connectivity index (χ1n) is 7.98. The lowest BCUT2D eigenvalue weighted by Gasteiger charge is -2.07. The van der Waals surface area contributed by atoms with Gasteiger partial charge < -0.3 is 4.74 Å². The number of carbonyl (C=O) groups excluding carboxylic acids is 1. The first-order valence-corrected chi connectivity index (χ1v) is 10.3. The third-order valence-corrected chi connectivity index (χ3v) is 6.04. The van der Waals surface area contributed by atoms with Gasteiger partial charge in [-0.25, -0.2) is 22.9 Å². The molecule has 3 rings (SSSR count). The Morgan fingerprint density at radius 3 is 2.81 bits per heavy atom. The number of fused-ring (bicyclic) bond motifs is 1. The molecule has 0 saturated heterocycles. The molecule has 27 heavy (non-hydrogen) atoms. The molecule has 1 aromatic heterocycles. The van der Waals surface area contributed by atoms with E-state index < -0.39 is 16.0 Å². The minimum absolute atomic E-state index is 0.00507. The third-order valence-electron chi connectivity index (χ3n) is 3.57. The van der Waals surface area contributed by atoms with Crippen LogP contribution in [0.3, 0.4) is 0 Å². The second-order valence-electron chi connectivity index (χ2n) is 5.49. The van der Waals surface area contributed by atoms with E-state index in [-0.39, 0.29) is 30.0 Å². The van der Waals surface area contributed by atoms with Gasteiger partial charge in [0.25, 0.3) is 0 Å². The van der Waals surface area contributed by atoms with Crippen LogP contribution in [-0.4, -0.2) is 25.9 Å². The Bertz CT molecular complexity index is 1080. The number of aromatic nitrogens is 1. The third kappa shape index (κ3) is 4.68. The number of hydrogen-bond acceptors (Lipinski definition) is 7. The highest BCUT2D eigenvalue weighted by Crippen LogP contribution is 2.22. The highest BCUT2D eigenvalue weighted by molar-refractivity contribution is 7.89. The summed E-state index contributed by atoms with van der Waals surface area (Å²) in [6.07, 6.45) is 0.0587. The Hall–Kier alpha value is -2.80. The van der Waals surface area contributed by atoms with Gasteiger partial charge in [0.1, 0.15) is 11.6 Å². The average molecular weight is 401 g/mol. The molecule has 0 unspecified atom stereocenters. The number of ether oxygens (including phenoxy) is 1. The van der Waals surface area contributed by atoms with Crippen LogP contribution in [0.1, 0.15) is 21.8 Å². The van der Waals surface area contributed by atoms with E-state index in [0.29, 0.717) is 5.01 Å². The summed E-state index contributed by atoms with van der Waals surface area (Å²) in [5.74, 6) is -0.636. The minimum atomic E-state index is -3.79. The second-order valence-corrected chi connectivity index (χ2v) is 8.37. The number of hydrogen-bond donors (Lipinski definition) is 1. The van der Waals surface area contributed by atoms with Gasteiger partial charge in [0.05, 0.1) is 26.7 Å². The van der Waals surface area contributed by atoms with E-state index in [0.717, 1.165) is 10.2 Å². The number of esters is 1. The number of carbonyl (C=O) groups is 1. The van der Waals surface area contributed by atoms with Gasteiger partial charge in [-0.15, -0.1) is 11.3 Å². The van der Waals surface area contributed by atoms with Crippen molar-refractivity contribution >= 4 is 37.5 Å². The maximum Gasteiger partial charge on any atom is 0.338 e. The number of rotatable bonds is 7. The van der Waals surface area contributed by atoms with Crippen molar-refractivity contribution in [3.63, 3.8) is 0 Å². The number of benzene rings is 2. The van der Waals surface area contributed by atoms with Crippen molar-refractivity contribution in [3.05, 3.63) is 59.1 Å². The van der Waals surface area contributed by atoms with Crippen LogP contribution in [-0.2, 0) is 21.4 Å². The molecule has 0 saturated carbocycles. The van der Waals surface area contributed by atoms with Crippen LogP contribution < -0.4 is 4.72 Å². The van der Waals surface area contributed by atoms with Crippen LogP contribution in [0.4, 0.5) is 0 Å². The van der Waals surface area contributed by atoms with Crippen molar-refractivity contribution in [2.45, 2.75) is 17.9 Å². The van der Waals surface area contributed by atoms with Gasteiger partial charge in [-0.1, -0.05) is 18.2 Å². The predicted molar refractivity (Wildman–Crippen MR) is 101 cm³/mol. The Morgan fingerprint density at radius 1 is 1.22 bits per heavy atom. The van der Waals surface area contributed by atoms with Gasteiger partial charge in [0.2, 0.25) is 10.0 Å². The predicted octanol–water partition coefficient (Wildman–Crippen LogP) is 2.85. The smallest absolute Gasteiger partial charge is 0.338 e. The van der Waals surface area contributed by atoms with Crippen LogP contribution in [0, 0.1) is 11.3 Å². The summed E-state index contributed by atoms with van der Waals surface area (Å²) in [6, 6.07) is 15.0.